The van der Waals surface area contributed by atoms with Crippen molar-refractivity contribution < 1.29 is 19.1 Å². The number of carbonyl (C=O) groups is 2. The van der Waals surface area contributed by atoms with Crippen LogP contribution in [0.4, 0.5) is 10.5 Å². The van der Waals surface area contributed by atoms with E-state index < -0.39 is 12.1 Å². The number of nitrogens with zero attached hydrogens (tertiary/aromatic N) is 1. The van der Waals surface area contributed by atoms with Crippen LogP contribution in [0.3, 0.4) is 0 Å². The fourth-order valence-corrected chi connectivity index (χ4v) is 3.99. The number of anilines is 1. The summed E-state index contributed by atoms with van der Waals surface area (Å²) >= 11 is 1.17. The van der Waals surface area contributed by atoms with Gasteiger partial charge in [0, 0.05) is 4.90 Å². The highest BCUT2D eigenvalue weighted by atomic mass is 32.2. The third-order valence-corrected chi connectivity index (χ3v) is 5.55. The Morgan fingerprint density at radius 2 is 1.63 bits per heavy atom. The summed E-state index contributed by atoms with van der Waals surface area (Å²) in [6.45, 7) is 0. The lowest BCUT2D eigenvalue weighted by molar-refractivity contribution is 0.0596. The maximum Gasteiger partial charge on any atom is 0.425 e. The molecule has 0 spiro atoms. The SMILES string of the molecule is COC(=O)c1ccccc1SN(C(=O)OC1CCCCC1)c1ccccc1. The average molecular weight is 385 g/mol. The molecule has 0 saturated heterocycles. The monoisotopic (exact) mass is 385 g/mol. The molecule has 0 atom stereocenters. The molecule has 0 heterocycles. The van der Waals surface area contributed by atoms with Crippen LogP contribution >= 0.6 is 11.9 Å². The second-order valence-electron chi connectivity index (χ2n) is 6.35. The van der Waals surface area contributed by atoms with E-state index in [2.05, 4.69) is 0 Å². The second kappa shape index (κ2) is 9.46. The number of amides is 1. The van der Waals surface area contributed by atoms with Gasteiger partial charge in [0.2, 0.25) is 0 Å². The summed E-state index contributed by atoms with van der Waals surface area (Å²) in [5, 5.41) is 0. The van der Waals surface area contributed by atoms with E-state index in [-0.39, 0.29) is 6.10 Å². The molecule has 27 heavy (non-hydrogen) atoms. The van der Waals surface area contributed by atoms with Crippen LogP contribution in [0.15, 0.2) is 59.5 Å². The zero-order chi connectivity index (χ0) is 19.1. The van der Waals surface area contributed by atoms with Gasteiger partial charge in [0.1, 0.15) is 6.10 Å². The smallest absolute Gasteiger partial charge is 0.425 e. The Kier molecular flexibility index (Phi) is 6.76. The molecule has 2 aromatic carbocycles. The molecule has 0 bridgehead atoms. The number of methoxy groups -OCH3 is 1. The zero-order valence-corrected chi connectivity index (χ0v) is 16.1. The molecule has 0 aliphatic heterocycles. The van der Waals surface area contributed by atoms with Gasteiger partial charge in [0.05, 0.1) is 18.4 Å². The van der Waals surface area contributed by atoms with Crippen molar-refractivity contribution in [3.05, 3.63) is 60.2 Å². The topological polar surface area (TPSA) is 55.8 Å². The summed E-state index contributed by atoms with van der Waals surface area (Å²) in [7, 11) is 1.34. The van der Waals surface area contributed by atoms with Crippen LogP contribution in [0.1, 0.15) is 42.5 Å². The Balaban J connectivity index is 1.85. The molecule has 3 rings (SSSR count). The summed E-state index contributed by atoms with van der Waals surface area (Å²) in [5.74, 6) is -0.438. The molecule has 0 N–H and O–H groups in total. The highest BCUT2D eigenvalue weighted by Crippen LogP contribution is 2.33. The Labute approximate surface area is 163 Å². The normalized spacial score (nSPS) is 14.4. The first-order valence-corrected chi connectivity index (χ1v) is 9.87. The van der Waals surface area contributed by atoms with E-state index in [1.54, 1.807) is 18.2 Å². The van der Waals surface area contributed by atoms with Crippen molar-refractivity contribution >= 4 is 29.7 Å². The molecule has 2 aromatic rings. The molecule has 0 aromatic heterocycles. The largest absolute Gasteiger partial charge is 0.465 e. The van der Waals surface area contributed by atoms with Crippen molar-refractivity contribution in [1.82, 2.24) is 0 Å². The van der Waals surface area contributed by atoms with Crippen LogP contribution < -0.4 is 4.31 Å². The van der Waals surface area contributed by atoms with Crippen molar-refractivity contribution in [1.29, 1.82) is 0 Å². The van der Waals surface area contributed by atoms with E-state index in [9.17, 15) is 9.59 Å². The third-order valence-electron chi connectivity index (χ3n) is 4.46. The van der Waals surface area contributed by atoms with Crippen LogP contribution in [0, 0.1) is 0 Å². The summed E-state index contributed by atoms with van der Waals surface area (Å²) in [4.78, 5) is 25.6. The van der Waals surface area contributed by atoms with Gasteiger partial charge in [-0.15, -0.1) is 0 Å². The number of para-hydroxylation sites is 1. The molecular formula is C21H23NO4S. The quantitative estimate of drug-likeness (QED) is 0.505. The van der Waals surface area contributed by atoms with E-state index in [0.717, 1.165) is 25.7 Å². The van der Waals surface area contributed by atoms with Gasteiger partial charge in [0.25, 0.3) is 0 Å². The lowest BCUT2D eigenvalue weighted by atomic mass is 9.98. The minimum absolute atomic E-state index is 0.0473. The highest BCUT2D eigenvalue weighted by molar-refractivity contribution is 8.01. The molecule has 1 aliphatic carbocycles. The van der Waals surface area contributed by atoms with Gasteiger partial charge in [0.15, 0.2) is 0 Å². The number of esters is 1. The molecule has 5 nitrogen and oxygen atoms in total. The van der Waals surface area contributed by atoms with Crippen molar-refractivity contribution in [2.24, 2.45) is 0 Å². The van der Waals surface area contributed by atoms with Gasteiger partial charge >= 0.3 is 12.1 Å². The fourth-order valence-electron chi connectivity index (χ4n) is 3.06. The zero-order valence-electron chi connectivity index (χ0n) is 15.3. The Bertz CT molecular complexity index is 775. The first-order valence-electron chi connectivity index (χ1n) is 9.10. The lowest BCUT2D eigenvalue weighted by Gasteiger charge is -2.27. The van der Waals surface area contributed by atoms with E-state index in [0.29, 0.717) is 16.1 Å². The molecule has 1 saturated carbocycles. The number of carbonyl (C=O) groups excluding carboxylic acids is 2. The minimum atomic E-state index is -0.438. The standard InChI is InChI=1S/C21H23NO4S/c1-25-20(23)18-14-8-9-15-19(18)27-22(16-10-4-2-5-11-16)21(24)26-17-12-6-3-7-13-17/h2,4-5,8-11,14-15,17H,3,6-7,12-13H2,1H3. The number of hydrogen-bond donors (Lipinski definition) is 0. The molecule has 0 unspecified atom stereocenters. The summed E-state index contributed by atoms with van der Waals surface area (Å²) < 4.78 is 12.1. The maximum atomic E-state index is 12.9. The number of ether oxygens (including phenoxy) is 2. The van der Waals surface area contributed by atoms with E-state index in [4.69, 9.17) is 9.47 Å². The second-order valence-corrected chi connectivity index (χ2v) is 7.34. The Hall–Kier alpha value is -2.47. The lowest BCUT2D eigenvalue weighted by Crippen LogP contribution is -2.30. The molecule has 1 fully saturated rings. The predicted octanol–water partition coefficient (Wildman–Crippen LogP) is 5.46. The van der Waals surface area contributed by atoms with E-state index in [1.807, 2.05) is 36.4 Å². The van der Waals surface area contributed by atoms with Crippen LogP contribution in [0.2, 0.25) is 0 Å². The van der Waals surface area contributed by atoms with Gasteiger partial charge in [-0.1, -0.05) is 36.8 Å². The van der Waals surface area contributed by atoms with Crippen LogP contribution in [0.5, 0.6) is 0 Å². The van der Waals surface area contributed by atoms with Crippen molar-refractivity contribution in [2.75, 3.05) is 11.4 Å². The molecule has 142 valence electrons. The van der Waals surface area contributed by atoms with Crippen molar-refractivity contribution in [3.63, 3.8) is 0 Å². The molecular weight excluding hydrogens is 362 g/mol. The summed E-state index contributed by atoms with van der Waals surface area (Å²) in [6.07, 6.45) is 4.70. The van der Waals surface area contributed by atoms with Crippen LogP contribution in [-0.2, 0) is 9.47 Å². The van der Waals surface area contributed by atoms with Gasteiger partial charge in [-0.25, -0.2) is 13.9 Å². The first kappa shape index (κ1) is 19.3. The Morgan fingerprint density at radius 1 is 0.963 bits per heavy atom. The summed E-state index contributed by atoms with van der Waals surface area (Å²) in [6, 6.07) is 16.4. The van der Waals surface area contributed by atoms with Crippen LogP contribution in [0.25, 0.3) is 0 Å². The maximum absolute atomic E-state index is 12.9. The van der Waals surface area contributed by atoms with Gasteiger partial charge in [-0.05, 0) is 61.9 Å². The molecule has 1 amide bonds. The van der Waals surface area contributed by atoms with Gasteiger partial charge < -0.3 is 9.47 Å². The van der Waals surface area contributed by atoms with Gasteiger partial charge in [-0.3, -0.25) is 0 Å². The number of rotatable bonds is 5. The fraction of sp³-hybridized carbons (Fsp3) is 0.333. The summed E-state index contributed by atoms with van der Waals surface area (Å²) in [5.41, 5.74) is 1.11. The van der Waals surface area contributed by atoms with E-state index in [1.165, 1.54) is 29.8 Å². The minimum Gasteiger partial charge on any atom is -0.465 e. The van der Waals surface area contributed by atoms with E-state index >= 15 is 0 Å². The average Bonchev–Trinajstić information content (AvgIpc) is 2.73. The molecule has 1 aliphatic rings. The van der Waals surface area contributed by atoms with Crippen molar-refractivity contribution in [2.45, 2.75) is 43.1 Å². The molecule has 0 radical (unpaired) electrons. The third kappa shape index (κ3) is 5.04. The highest BCUT2D eigenvalue weighted by Gasteiger charge is 2.26. The Morgan fingerprint density at radius 3 is 2.33 bits per heavy atom. The number of hydrogen-bond acceptors (Lipinski definition) is 5. The molecule has 6 heteroatoms. The van der Waals surface area contributed by atoms with Gasteiger partial charge in [-0.2, -0.15) is 0 Å². The predicted molar refractivity (Wildman–Crippen MR) is 106 cm³/mol. The van der Waals surface area contributed by atoms with Crippen molar-refractivity contribution in [3.8, 4) is 0 Å². The first-order chi connectivity index (χ1) is 13.2. The number of benzene rings is 2. The van der Waals surface area contributed by atoms with Crippen LogP contribution in [-0.4, -0.2) is 25.3 Å².